The molecule has 4 heterocycles. The molecule has 35 heteroatoms. The monoisotopic (exact) mass is 1330 g/mol. The van der Waals surface area contributed by atoms with E-state index >= 15 is 0 Å². The molecule has 0 N–H and O–H groups in total. The van der Waals surface area contributed by atoms with Gasteiger partial charge in [-0.3, -0.25) is 62.3 Å². The lowest BCUT2D eigenvalue weighted by Crippen LogP contribution is -2.66. The summed E-state index contributed by atoms with van der Waals surface area (Å²) in [4.78, 5) is 166. The number of hydrogen-bond acceptors (Lipinski definition) is 35. The van der Waals surface area contributed by atoms with Gasteiger partial charge in [-0.05, 0) is 5.56 Å². The van der Waals surface area contributed by atoms with Gasteiger partial charge in [-0.15, -0.1) is 0 Å². The van der Waals surface area contributed by atoms with E-state index in [-0.39, 0.29) is 5.56 Å². The zero-order valence-electron chi connectivity index (χ0n) is 52.7. The van der Waals surface area contributed by atoms with Crippen molar-refractivity contribution in [1.82, 2.24) is 0 Å². The third-order valence-corrected chi connectivity index (χ3v) is 13.2. The fourth-order valence-corrected chi connectivity index (χ4v) is 10.2. The summed E-state index contributed by atoms with van der Waals surface area (Å²) in [6, 6.07) is 9.85. The topological polar surface area (TPSA) is 440 Å². The van der Waals surface area contributed by atoms with E-state index in [0.717, 1.165) is 90.0 Å². The lowest BCUT2D eigenvalue weighted by Gasteiger charge is -2.47. The van der Waals surface area contributed by atoms with Crippen molar-refractivity contribution in [3.8, 4) is 6.07 Å². The van der Waals surface area contributed by atoms with Crippen molar-refractivity contribution >= 4 is 77.6 Å². The average molecular weight is 1330 g/mol. The second-order valence-electron chi connectivity index (χ2n) is 20.9. The van der Waals surface area contributed by atoms with Crippen LogP contribution in [0, 0.1) is 11.3 Å². The second-order valence-corrected chi connectivity index (χ2v) is 20.9. The number of carbonyl (C=O) groups is 13. The fourth-order valence-electron chi connectivity index (χ4n) is 10.2. The Hall–Kier alpha value is -8.50. The van der Waals surface area contributed by atoms with Crippen LogP contribution in [0.1, 0.15) is 102 Å². The van der Waals surface area contributed by atoms with Crippen molar-refractivity contribution in [3.05, 3.63) is 35.9 Å². The lowest BCUT2D eigenvalue weighted by molar-refractivity contribution is -0.351. The van der Waals surface area contributed by atoms with E-state index in [1.54, 1.807) is 18.2 Å². The van der Waals surface area contributed by atoms with Gasteiger partial charge >= 0.3 is 77.6 Å². The third-order valence-electron chi connectivity index (χ3n) is 13.2. The number of esters is 13. The number of ether oxygens (including phenoxy) is 21. The Morgan fingerprint density at radius 2 is 0.548 bits per heavy atom. The minimum atomic E-state index is -2.05. The molecule has 0 saturated carbocycles. The normalized spacial score (nSPS) is 30.9. The van der Waals surface area contributed by atoms with E-state index in [4.69, 9.17) is 99.5 Å². The van der Waals surface area contributed by atoms with E-state index in [2.05, 4.69) is 0 Å². The van der Waals surface area contributed by atoms with Gasteiger partial charge in [-0.25, -0.2) is 0 Å². The molecule has 4 saturated heterocycles. The number of nitrogens with zero attached hydrogens (tertiary/aromatic N) is 1. The summed E-state index contributed by atoms with van der Waals surface area (Å²) in [6.07, 6.45) is -38.1. The Bertz CT molecular complexity index is 2900. The average Bonchev–Trinajstić information content (AvgIpc) is 0.798. The number of rotatable bonds is 26. The summed E-state index contributed by atoms with van der Waals surface area (Å²) < 4.78 is 122. The van der Waals surface area contributed by atoms with Gasteiger partial charge in [-0.1, -0.05) is 30.3 Å². The summed E-state index contributed by atoms with van der Waals surface area (Å²) in [5.41, 5.74) is 0.284. The van der Waals surface area contributed by atoms with E-state index in [9.17, 15) is 67.6 Å². The summed E-state index contributed by atoms with van der Waals surface area (Å²) >= 11 is 0. The fraction of sp³-hybridized carbons (Fsp3) is 0.655. The number of carbonyl (C=O) groups excluding carboxylic acids is 13. The van der Waals surface area contributed by atoms with Crippen LogP contribution in [0.2, 0.25) is 0 Å². The standard InChI is InChI=1S/C58H73NO34/c1-24(60)73-20-39-43(77-25(2)61)47(81-29(6)65)51(85-33(10)69)55(90-39)74-21-40-44(78-26(3)62)48(82-30(7)66)52(86-34(11)70)56(91-40)75-22-41-45(79-27(4)63)49(83-31(8)67)53(87-35(12)71)57(92-41)76-23-42-46(80-28(5)64)50(84-32(9)68)54(88-36(13)72)58(93-42)89-38(19-59)37-17-15-14-16-18-37/h14-18,38-58H,20-23H2,1-13H3/t38-,39+,40+,41+,42+,43+,44+,45+,46+,47-,48-,49-,50-,51+,52+,53+,54+,55+,56+,57+,58+/m0/s1. The number of hydrogen-bond donors (Lipinski definition) is 0. The zero-order chi connectivity index (χ0) is 69.1. The highest BCUT2D eigenvalue weighted by atomic mass is 16.8. The highest BCUT2D eigenvalue weighted by molar-refractivity contribution is 5.71. The summed E-state index contributed by atoms with van der Waals surface area (Å²) in [5, 5.41) is 10.3. The van der Waals surface area contributed by atoms with Gasteiger partial charge in [0.05, 0.1) is 25.9 Å². The van der Waals surface area contributed by atoms with Crippen molar-refractivity contribution < 1.29 is 162 Å². The largest absolute Gasteiger partial charge is 0.463 e. The summed E-state index contributed by atoms with van der Waals surface area (Å²) in [7, 11) is 0. The quantitative estimate of drug-likeness (QED) is 0.0867. The Labute approximate surface area is 530 Å². The molecule has 0 spiro atoms. The smallest absolute Gasteiger partial charge is 0.303 e. The molecule has 35 nitrogen and oxygen atoms in total. The first-order valence-electron chi connectivity index (χ1n) is 28.5. The van der Waals surface area contributed by atoms with Gasteiger partial charge in [0.15, 0.2) is 98.2 Å². The first kappa shape index (κ1) is 75.2. The van der Waals surface area contributed by atoms with Crippen molar-refractivity contribution in [2.24, 2.45) is 0 Å². The molecule has 0 aliphatic carbocycles. The summed E-state index contributed by atoms with van der Waals surface area (Å²) in [6.45, 7) is 9.07. The van der Waals surface area contributed by atoms with Crippen molar-refractivity contribution in [2.75, 3.05) is 26.4 Å². The van der Waals surface area contributed by atoms with Gasteiger partial charge < -0.3 is 99.5 Å². The predicted molar refractivity (Wildman–Crippen MR) is 292 cm³/mol. The number of nitriles is 1. The van der Waals surface area contributed by atoms with Crippen molar-refractivity contribution in [3.63, 3.8) is 0 Å². The molecule has 93 heavy (non-hydrogen) atoms. The van der Waals surface area contributed by atoms with E-state index < -0.39 is 233 Å². The van der Waals surface area contributed by atoms with E-state index in [0.29, 0.717) is 0 Å². The van der Waals surface area contributed by atoms with Gasteiger partial charge in [0, 0.05) is 90.0 Å². The molecule has 4 aliphatic heterocycles. The van der Waals surface area contributed by atoms with Crippen LogP contribution in [0.15, 0.2) is 30.3 Å². The summed E-state index contributed by atoms with van der Waals surface area (Å²) in [5.74, 6) is -13.2. The molecule has 0 amide bonds. The van der Waals surface area contributed by atoms with Crippen LogP contribution in [0.4, 0.5) is 0 Å². The molecule has 4 aliphatic rings. The van der Waals surface area contributed by atoms with Gasteiger partial charge in [0.25, 0.3) is 0 Å². The van der Waals surface area contributed by atoms with Gasteiger partial charge in [-0.2, -0.15) is 5.26 Å². The molecule has 5 rings (SSSR count). The first-order chi connectivity index (χ1) is 43.8. The van der Waals surface area contributed by atoms with E-state index in [1.807, 2.05) is 6.07 Å². The minimum absolute atomic E-state index is 0.284. The van der Waals surface area contributed by atoms with Crippen LogP contribution in [0.25, 0.3) is 0 Å². The molecule has 21 atom stereocenters. The molecule has 1 aromatic carbocycles. The molecule has 0 bridgehead atoms. The Morgan fingerprint density at radius 1 is 0.323 bits per heavy atom. The Kier molecular flexibility index (Phi) is 28.3. The van der Waals surface area contributed by atoms with Crippen LogP contribution >= 0.6 is 0 Å². The SMILES string of the molecule is CC(=O)OC[C@H]1O[C@@H](OC[C@H]2O[C@@H](OC[C@H]3O[C@@H](OC[C@H]4O[C@@H](O[C@@H](C#N)c5ccccc5)[C@H](OC(C)=O)[C@@H](OC(C)=O)[C@@H]4OC(C)=O)[C@H](OC(C)=O)[C@@H](OC(C)=O)[C@@H]3OC(C)=O)[C@H](OC(C)=O)[C@@H](OC(C)=O)[C@@H]2OC(C)=O)[C@H](OC(C)=O)[C@@H](OC(C)=O)[C@@H]1OC(C)=O. The van der Waals surface area contributed by atoms with Crippen LogP contribution in [0.3, 0.4) is 0 Å². The first-order valence-corrected chi connectivity index (χ1v) is 28.5. The van der Waals surface area contributed by atoms with Crippen molar-refractivity contribution in [2.45, 2.75) is 219 Å². The Morgan fingerprint density at radius 3 is 0.796 bits per heavy atom. The second kappa shape index (κ2) is 35.0. The van der Waals surface area contributed by atoms with E-state index in [1.165, 1.54) is 12.1 Å². The van der Waals surface area contributed by atoms with Crippen LogP contribution in [-0.2, 0) is 162 Å². The molecular formula is C58H73NO34. The van der Waals surface area contributed by atoms with Gasteiger partial charge in [0.1, 0.15) is 31.0 Å². The molecule has 0 radical (unpaired) electrons. The predicted octanol–water partition coefficient (Wildman–Crippen LogP) is -0.0392. The maximum atomic E-state index is 13.0. The van der Waals surface area contributed by atoms with Crippen LogP contribution in [0.5, 0.6) is 0 Å². The van der Waals surface area contributed by atoms with Gasteiger partial charge in [0.2, 0.25) is 6.29 Å². The highest BCUT2D eigenvalue weighted by Crippen LogP contribution is 2.38. The van der Waals surface area contributed by atoms with Crippen LogP contribution < -0.4 is 0 Å². The molecule has 1 aromatic rings. The Balaban J connectivity index is 1.61. The number of benzene rings is 1. The molecular weight excluding hydrogens is 1250 g/mol. The molecule has 0 aromatic heterocycles. The molecule has 514 valence electrons. The molecule has 0 unspecified atom stereocenters. The zero-order valence-corrected chi connectivity index (χ0v) is 52.7. The molecule has 4 fully saturated rings. The van der Waals surface area contributed by atoms with Crippen LogP contribution in [-0.4, -0.2) is 227 Å². The van der Waals surface area contributed by atoms with Crippen molar-refractivity contribution in [1.29, 1.82) is 5.26 Å². The maximum absolute atomic E-state index is 13.0. The highest BCUT2D eigenvalue weighted by Gasteiger charge is 2.59. The third kappa shape index (κ3) is 22.4. The minimum Gasteiger partial charge on any atom is -0.463 e. The lowest BCUT2D eigenvalue weighted by atomic mass is 9.96. The maximum Gasteiger partial charge on any atom is 0.303 e.